The molecule has 0 unspecified atom stereocenters. The highest BCUT2D eigenvalue weighted by Crippen LogP contribution is 2.41. The minimum absolute atomic E-state index is 0.319. The lowest BCUT2D eigenvalue weighted by Gasteiger charge is -2.28. The summed E-state index contributed by atoms with van der Waals surface area (Å²) in [6.07, 6.45) is 8.74. The van der Waals surface area contributed by atoms with Crippen molar-refractivity contribution in [3.8, 4) is 0 Å². The summed E-state index contributed by atoms with van der Waals surface area (Å²) >= 11 is 0. The molecule has 0 radical (unpaired) electrons. The number of hydrogen-bond acceptors (Lipinski definition) is 1. The summed E-state index contributed by atoms with van der Waals surface area (Å²) in [5.74, 6) is 0.795. The smallest absolute Gasteiger partial charge is 0.204 e. The van der Waals surface area contributed by atoms with Crippen LogP contribution in [0.4, 0.5) is 0 Å². The zero-order chi connectivity index (χ0) is 17.5. The molecule has 0 spiro atoms. The van der Waals surface area contributed by atoms with E-state index in [-0.39, 0.29) is 0 Å². The zero-order valence-electron chi connectivity index (χ0n) is 15.2. The molecular formula is C22H30NOP. The van der Waals surface area contributed by atoms with E-state index in [2.05, 4.69) is 12.0 Å². The molecule has 3 heteroatoms. The average molecular weight is 355 g/mol. The Kier molecular flexibility index (Phi) is 6.51. The van der Waals surface area contributed by atoms with Crippen LogP contribution in [0, 0.1) is 5.92 Å². The highest BCUT2D eigenvalue weighted by atomic mass is 31.2. The molecule has 1 aliphatic carbocycles. The minimum atomic E-state index is -2.82. The first-order valence-electron chi connectivity index (χ1n) is 9.71. The Labute approximate surface area is 152 Å². The van der Waals surface area contributed by atoms with E-state index in [9.17, 15) is 4.57 Å². The molecule has 0 amide bonds. The highest BCUT2D eigenvalue weighted by molar-refractivity contribution is 7.76. The van der Waals surface area contributed by atoms with Crippen LogP contribution in [0.2, 0.25) is 0 Å². The van der Waals surface area contributed by atoms with Gasteiger partial charge >= 0.3 is 0 Å². The highest BCUT2D eigenvalue weighted by Gasteiger charge is 2.31. The van der Waals surface area contributed by atoms with Crippen molar-refractivity contribution in [1.29, 1.82) is 0 Å². The van der Waals surface area contributed by atoms with Crippen LogP contribution < -0.4 is 15.7 Å². The summed E-state index contributed by atoms with van der Waals surface area (Å²) in [5.41, 5.74) is 0. The monoisotopic (exact) mass is 355 g/mol. The fourth-order valence-corrected chi connectivity index (χ4v) is 6.59. The van der Waals surface area contributed by atoms with Gasteiger partial charge in [0.15, 0.2) is 0 Å². The second kappa shape index (κ2) is 8.83. The summed E-state index contributed by atoms with van der Waals surface area (Å²) in [4.78, 5) is 0. The maximum atomic E-state index is 14.2. The van der Waals surface area contributed by atoms with Gasteiger partial charge < -0.3 is 0 Å². The molecule has 1 aliphatic rings. The molecule has 2 aromatic rings. The van der Waals surface area contributed by atoms with Gasteiger partial charge in [-0.2, -0.15) is 0 Å². The van der Waals surface area contributed by atoms with Crippen molar-refractivity contribution in [3.63, 3.8) is 0 Å². The lowest BCUT2D eigenvalue weighted by atomic mass is 9.96. The van der Waals surface area contributed by atoms with Gasteiger partial charge in [0, 0.05) is 16.7 Å². The Bertz CT molecular complexity index is 636. The van der Waals surface area contributed by atoms with Gasteiger partial charge in [-0.3, -0.25) is 9.65 Å². The van der Waals surface area contributed by atoms with E-state index >= 15 is 0 Å². The average Bonchev–Trinajstić information content (AvgIpc) is 3.16. The van der Waals surface area contributed by atoms with Crippen molar-refractivity contribution in [3.05, 3.63) is 60.7 Å². The second-order valence-corrected chi connectivity index (χ2v) is 9.79. The number of hydrogen-bond donors (Lipinski definition) is 1. The molecule has 2 nitrogen and oxygen atoms in total. The van der Waals surface area contributed by atoms with E-state index in [1.54, 1.807) is 0 Å². The van der Waals surface area contributed by atoms with E-state index in [0.717, 1.165) is 35.8 Å². The van der Waals surface area contributed by atoms with Gasteiger partial charge in [0.2, 0.25) is 7.29 Å². The van der Waals surface area contributed by atoms with E-state index in [0.29, 0.717) is 6.04 Å². The van der Waals surface area contributed by atoms with Crippen molar-refractivity contribution in [1.82, 2.24) is 5.09 Å². The number of nitrogens with one attached hydrogen (secondary N) is 1. The van der Waals surface area contributed by atoms with Gasteiger partial charge in [0.25, 0.3) is 0 Å². The third kappa shape index (κ3) is 4.63. The van der Waals surface area contributed by atoms with Crippen molar-refractivity contribution >= 4 is 17.9 Å². The summed E-state index contributed by atoms with van der Waals surface area (Å²) in [6.45, 7) is 2.22. The van der Waals surface area contributed by atoms with Gasteiger partial charge in [0.1, 0.15) is 0 Å². The van der Waals surface area contributed by atoms with Crippen LogP contribution in [0.15, 0.2) is 60.7 Å². The van der Waals surface area contributed by atoms with Crippen LogP contribution in [0.3, 0.4) is 0 Å². The summed E-state index contributed by atoms with van der Waals surface area (Å²) in [6, 6.07) is 20.2. The van der Waals surface area contributed by atoms with E-state index in [1.165, 1.54) is 25.7 Å². The van der Waals surface area contributed by atoms with E-state index in [1.807, 2.05) is 60.7 Å². The first kappa shape index (κ1) is 18.4. The van der Waals surface area contributed by atoms with Crippen molar-refractivity contribution < 1.29 is 4.57 Å². The van der Waals surface area contributed by atoms with Crippen LogP contribution >= 0.6 is 7.29 Å². The molecule has 0 saturated heterocycles. The molecule has 0 aliphatic heterocycles. The first-order valence-corrected chi connectivity index (χ1v) is 11.4. The first-order chi connectivity index (χ1) is 12.2. The van der Waals surface area contributed by atoms with E-state index in [4.69, 9.17) is 0 Å². The second-order valence-electron chi connectivity index (χ2n) is 7.28. The normalized spacial score (nSPS) is 16.8. The minimum Gasteiger partial charge on any atom is -0.297 e. The van der Waals surface area contributed by atoms with Gasteiger partial charge in [-0.25, -0.2) is 0 Å². The lowest BCUT2D eigenvalue weighted by Crippen LogP contribution is -2.36. The summed E-state index contributed by atoms with van der Waals surface area (Å²) in [7, 11) is -2.82. The molecule has 1 fully saturated rings. The van der Waals surface area contributed by atoms with Crippen LogP contribution in [0.1, 0.15) is 51.9 Å². The Balaban J connectivity index is 1.89. The molecule has 1 N–H and O–H groups in total. The van der Waals surface area contributed by atoms with Gasteiger partial charge in [-0.05, 0) is 43.0 Å². The molecule has 25 heavy (non-hydrogen) atoms. The Hall–Kier alpha value is -1.37. The van der Waals surface area contributed by atoms with Crippen LogP contribution in [0.25, 0.3) is 0 Å². The van der Waals surface area contributed by atoms with Gasteiger partial charge in [-0.1, -0.05) is 75.4 Å². The Morgan fingerprint density at radius 1 is 0.960 bits per heavy atom. The fraction of sp³-hybridized carbons (Fsp3) is 0.455. The molecular weight excluding hydrogens is 325 g/mol. The Morgan fingerprint density at radius 3 is 1.96 bits per heavy atom. The molecule has 1 atom stereocenters. The molecule has 3 rings (SSSR count). The maximum Gasteiger partial charge on any atom is 0.204 e. The number of benzene rings is 2. The molecule has 2 aromatic carbocycles. The molecule has 0 heterocycles. The molecule has 134 valence electrons. The Morgan fingerprint density at radius 2 is 1.48 bits per heavy atom. The quantitative estimate of drug-likeness (QED) is 0.655. The van der Waals surface area contributed by atoms with Crippen molar-refractivity contribution in [2.75, 3.05) is 0 Å². The summed E-state index contributed by atoms with van der Waals surface area (Å²) in [5, 5.41) is 5.47. The van der Waals surface area contributed by atoms with Crippen molar-refractivity contribution in [2.24, 2.45) is 5.92 Å². The van der Waals surface area contributed by atoms with Crippen molar-refractivity contribution in [2.45, 2.75) is 57.9 Å². The molecule has 1 saturated carbocycles. The lowest BCUT2D eigenvalue weighted by molar-refractivity contribution is 0.403. The van der Waals surface area contributed by atoms with Crippen LogP contribution in [-0.4, -0.2) is 6.04 Å². The third-order valence-electron chi connectivity index (χ3n) is 5.33. The fourth-order valence-electron chi connectivity index (χ4n) is 4.06. The predicted molar refractivity (Wildman–Crippen MR) is 108 cm³/mol. The number of rotatable bonds is 8. The van der Waals surface area contributed by atoms with Crippen LogP contribution in [-0.2, 0) is 4.57 Å². The largest absolute Gasteiger partial charge is 0.297 e. The third-order valence-corrected chi connectivity index (χ3v) is 8.11. The van der Waals surface area contributed by atoms with E-state index < -0.39 is 7.29 Å². The van der Waals surface area contributed by atoms with Gasteiger partial charge in [-0.15, -0.1) is 0 Å². The standard InChI is InChI=1S/C22H30NOP/c1-2-11-20(18-19-12-9-10-13-19)23-25(24,21-14-5-3-6-15-21)22-16-7-4-8-17-22/h3-8,14-17,19-20H,2,9-13,18H2,1H3,(H,23,24)/t20-/m0/s1. The van der Waals surface area contributed by atoms with Crippen LogP contribution in [0.5, 0.6) is 0 Å². The SMILES string of the molecule is CCC[C@@H](CC1CCCC1)NP(=O)(c1ccccc1)c1ccccc1. The molecule has 0 bridgehead atoms. The van der Waals surface area contributed by atoms with Gasteiger partial charge in [0.05, 0.1) is 0 Å². The molecule has 0 aromatic heterocycles. The summed E-state index contributed by atoms with van der Waals surface area (Å²) < 4.78 is 14.2. The predicted octanol–water partition coefficient (Wildman–Crippen LogP) is 5.25. The maximum absolute atomic E-state index is 14.2. The topological polar surface area (TPSA) is 29.1 Å². The zero-order valence-corrected chi connectivity index (χ0v) is 16.1.